The Kier molecular flexibility index (Phi) is 7.90. The molecule has 1 unspecified atom stereocenters. The minimum atomic E-state index is -0.908. The van der Waals surface area contributed by atoms with Gasteiger partial charge in [0, 0.05) is 34.8 Å². The molecule has 3 rings (SSSR count). The summed E-state index contributed by atoms with van der Waals surface area (Å²) in [5.41, 5.74) is 4.67. The number of esters is 1. The van der Waals surface area contributed by atoms with Crippen molar-refractivity contribution >= 4 is 16.9 Å². The molecule has 0 bridgehead atoms. The number of hydrogen-bond acceptors (Lipinski definition) is 4. The van der Waals surface area contributed by atoms with Gasteiger partial charge in [0.1, 0.15) is 25.1 Å². The van der Waals surface area contributed by atoms with Crippen molar-refractivity contribution in [1.82, 2.24) is 4.57 Å². The zero-order chi connectivity index (χ0) is 22.2. The molecule has 0 aliphatic heterocycles. The zero-order valence-electron chi connectivity index (χ0n) is 18.3. The highest BCUT2D eigenvalue weighted by atomic mass is 16.5. The van der Waals surface area contributed by atoms with Gasteiger partial charge in [0.05, 0.1) is 0 Å². The fourth-order valence-corrected chi connectivity index (χ4v) is 3.64. The molecule has 2 aromatic carbocycles. The van der Waals surface area contributed by atoms with E-state index in [0.29, 0.717) is 5.75 Å². The van der Waals surface area contributed by atoms with Crippen molar-refractivity contribution in [3.8, 4) is 17.0 Å². The number of hydrogen-bond donors (Lipinski definition) is 1. The molecule has 1 heterocycles. The first-order chi connectivity index (χ1) is 15.0. The van der Waals surface area contributed by atoms with Crippen LogP contribution in [0.4, 0.5) is 0 Å². The summed E-state index contributed by atoms with van der Waals surface area (Å²) in [7, 11) is 0. The van der Waals surface area contributed by atoms with E-state index in [2.05, 4.69) is 55.3 Å². The van der Waals surface area contributed by atoms with Crippen molar-refractivity contribution in [3.05, 3.63) is 66.7 Å². The van der Waals surface area contributed by atoms with Crippen molar-refractivity contribution in [3.63, 3.8) is 0 Å². The van der Waals surface area contributed by atoms with Crippen LogP contribution in [0.1, 0.15) is 31.7 Å². The molecule has 5 nitrogen and oxygen atoms in total. The monoisotopic (exact) mass is 421 g/mol. The average Bonchev–Trinajstić information content (AvgIpc) is 3.15. The van der Waals surface area contributed by atoms with Gasteiger partial charge in [-0.05, 0) is 43.2 Å². The number of carbonyl (C=O) groups excluding carboxylic acids is 1. The first-order valence-corrected chi connectivity index (χ1v) is 10.8. The number of ether oxygens (including phenoxy) is 2. The summed E-state index contributed by atoms with van der Waals surface area (Å²) in [6.07, 6.45) is 3.67. The number of para-hydroxylation sites is 1. The van der Waals surface area contributed by atoms with E-state index in [9.17, 15) is 9.90 Å². The average molecular weight is 422 g/mol. The Hall–Kier alpha value is -3.05. The summed E-state index contributed by atoms with van der Waals surface area (Å²) in [6.45, 7) is 8.52. The maximum atomic E-state index is 11.1. The van der Waals surface area contributed by atoms with Gasteiger partial charge in [-0.1, -0.05) is 50.6 Å². The number of aliphatic hydroxyl groups excluding tert-OH is 1. The topological polar surface area (TPSA) is 60.7 Å². The number of fused-ring (bicyclic) bond motifs is 1. The number of aliphatic hydroxyl groups is 1. The Balaban J connectivity index is 1.83. The Morgan fingerprint density at radius 3 is 2.74 bits per heavy atom. The summed E-state index contributed by atoms with van der Waals surface area (Å²) in [6, 6.07) is 16.6. The molecule has 164 valence electrons. The molecule has 0 fully saturated rings. The summed E-state index contributed by atoms with van der Waals surface area (Å²) >= 11 is 0. The molecule has 31 heavy (non-hydrogen) atoms. The summed E-state index contributed by atoms with van der Waals surface area (Å²) < 4.78 is 13.0. The van der Waals surface area contributed by atoms with Gasteiger partial charge < -0.3 is 19.1 Å². The molecule has 0 aliphatic carbocycles. The van der Waals surface area contributed by atoms with Gasteiger partial charge in [-0.25, -0.2) is 4.79 Å². The van der Waals surface area contributed by atoms with Crippen LogP contribution in [0.2, 0.25) is 0 Å². The van der Waals surface area contributed by atoms with Crippen LogP contribution in [0.3, 0.4) is 0 Å². The second-order valence-electron chi connectivity index (χ2n) is 7.72. The SMILES string of the molecule is C=CC(=O)OCC(O)COc1ccc(C)c(-c2cc3ccccc3n2CCCCC)c1. The third kappa shape index (κ3) is 5.76. The zero-order valence-corrected chi connectivity index (χ0v) is 18.3. The molecule has 5 heteroatoms. The first kappa shape index (κ1) is 22.6. The van der Waals surface area contributed by atoms with Gasteiger partial charge in [0.15, 0.2) is 0 Å². The number of nitrogens with zero attached hydrogens (tertiary/aromatic N) is 1. The Bertz CT molecular complexity index is 1040. The molecular weight excluding hydrogens is 390 g/mol. The summed E-state index contributed by atoms with van der Waals surface area (Å²) in [5.74, 6) is 0.104. The number of benzene rings is 2. The predicted octanol–water partition coefficient (Wildman–Crippen LogP) is 5.28. The number of unbranched alkanes of at least 4 members (excludes halogenated alkanes) is 2. The molecule has 1 aromatic heterocycles. The summed E-state index contributed by atoms with van der Waals surface area (Å²) in [4.78, 5) is 11.1. The maximum Gasteiger partial charge on any atom is 0.330 e. The van der Waals surface area contributed by atoms with Crippen molar-refractivity contribution in [2.24, 2.45) is 0 Å². The molecule has 0 spiro atoms. The van der Waals surface area contributed by atoms with Gasteiger partial charge in [-0.2, -0.15) is 0 Å². The highest BCUT2D eigenvalue weighted by molar-refractivity contribution is 5.87. The van der Waals surface area contributed by atoms with Crippen molar-refractivity contribution in [1.29, 1.82) is 0 Å². The van der Waals surface area contributed by atoms with Gasteiger partial charge in [-0.3, -0.25) is 0 Å². The predicted molar refractivity (Wildman–Crippen MR) is 124 cm³/mol. The van der Waals surface area contributed by atoms with E-state index in [-0.39, 0.29) is 13.2 Å². The first-order valence-electron chi connectivity index (χ1n) is 10.8. The van der Waals surface area contributed by atoms with Crippen LogP contribution in [-0.4, -0.2) is 35.0 Å². The molecule has 0 aliphatic rings. The molecule has 0 amide bonds. The lowest BCUT2D eigenvalue weighted by Gasteiger charge is -2.16. The summed E-state index contributed by atoms with van der Waals surface area (Å²) in [5, 5.41) is 11.2. The Morgan fingerprint density at radius 1 is 1.16 bits per heavy atom. The lowest BCUT2D eigenvalue weighted by atomic mass is 10.0. The highest BCUT2D eigenvalue weighted by Crippen LogP contribution is 2.33. The van der Waals surface area contributed by atoms with E-state index in [4.69, 9.17) is 9.47 Å². The van der Waals surface area contributed by atoms with E-state index in [1.54, 1.807) is 0 Å². The van der Waals surface area contributed by atoms with Gasteiger partial charge in [-0.15, -0.1) is 0 Å². The minimum absolute atomic E-state index is 0.0341. The maximum absolute atomic E-state index is 11.1. The minimum Gasteiger partial charge on any atom is -0.491 e. The van der Waals surface area contributed by atoms with E-state index in [1.165, 1.54) is 29.4 Å². The molecule has 0 radical (unpaired) electrons. The number of rotatable bonds is 11. The lowest BCUT2D eigenvalue weighted by molar-refractivity contribution is -0.141. The van der Waals surface area contributed by atoms with Crippen LogP contribution in [-0.2, 0) is 16.1 Å². The second kappa shape index (κ2) is 10.8. The Labute approximate surface area is 183 Å². The molecule has 3 aromatic rings. The van der Waals surface area contributed by atoms with Crippen molar-refractivity contribution < 1.29 is 19.4 Å². The fourth-order valence-electron chi connectivity index (χ4n) is 3.64. The van der Waals surface area contributed by atoms with Crippen LogP contribution < -0.4 is 4.74 Å². The second-order valence-corrected chi connectivity index (χ2v) is 7.72. The molecular formula is C26H31NO4. The highest BCUT2D eigenvalue weighted by Gasteiger charge is 2.14. The van der Waals surface area contributed by atoms with Crippen LogP contribution in [0.15, 0.2) is 61.2 Å². The number of aryl methyl sites for hydroxylation is 2. The van der Waals surface area contributed by atoms with E-state index >= 15 is 0 Å². The van der Waals surface area contributed by atoms with Gasteiger partial charge >= 0.3 is 5.97 Å². The quantitative estimate of drug-likeness (QED) is 0.260. The van der Waals surface area contributed by atoms with Crippen molar-refractivity contribution in [2.75, 3.05) is 13.2 Å². The smallest absolute Gasteiger partial charge is 0.330 e. The molecule has 0 saturated heterocycles. The largest absolute Gasteiger partial charge is 0.491 e. The molecule has 0 saturated carbocycles. The standard InChI is InChI=1S/C26H31NO4/c1-4-6-9-14-27-24-11-8-7-10-20(24)15-25(27)23-16-22(13-12-19(23)3)30-17-21(28)18-31-26(29)5-2/h5,7-8,10-13,15-16,21,28H,2,4,6,9,14,17-18H2,1,3H3. The van der Waals surface area contributed by atoms with E-state index < -0.39 is 12.1 Å². The lowest BCUT2D eigenvalue weighted by Crippen LogP contribution is -2.24. The fraction of sp³-hybridized carbons (Fsp3) is 0.346. The third-order valence-corrected chi connectivity index (χ3v) is 5.31. The van der Waals surface area contributed by atoms with Crippen LogP contribution in [0, 0.1) is 6.92 Å². The van der Waals surface area contributed by atoms with Gasteiger partial charge in [0.2, 0.25) is 0 Å². The third-order valence-electron chi connectivity index (χ3n) is 5.31. The van der Waals surface area contributed by atoms with Crippen LogP contribution in [0.25, 0.3) is 22.2 Å². The van der Waals surface area contributed by atoms with E-state index in [0.717, 1.165) is 30.2 Å². The molecule has 1 atom stereocenters. The molecule has 1 N–H and O–H groups in total. The normalized spacial score (nSPS) is 12.0. The number of aromatic nitrogens is 1. The van der Waals surface area contributed by atoms with E-state index in [1.807, 2.05) is 18.2 Å². The van der Waals surface area contributed by atoms with Crippen molar-refractivity contribution in [2.45, 2.75) is 45.8 Å². The van der Waals surface area contributed by atoms with Crippen LogP contribution in [0.5, 0.6) is 5.75 Å². The Morgan fingerprint density at radius 2 is 1.97 bits per heavy atom. The van der Waals surface area contributed by atoms with Gasteiger partial charge in [0.25, 0.3) is 0 Å². The van der Waals surface area contributed by atoms with Crippen LogP contribution >= 0.6 is 0 Å². The number of carbonyl (C=O) groups is 1.